The smallest absolute Gasteiger partial charge is 0.387 e. The molecule has 1 aromatic carbocycles. The highest BCUT2D eigenvalue weighted by atomic mass is 19.3. The van der Waals surface area contributed by atoms with Gasteiger partial charge in [-0.15, -0.1) is 0 Å². The lowest BCUT2D eigenvalue weighted by molar-refractivity contribution is -0.0512. The second-order valence-corrected chi connectivity index (χ2v) is 4.21. The van der Waals surface area contributed by atoms with Crippen LogP contribution in [0.25, 0.3) is 0 Å². The quantitative estimate of drug-likeness (QED) is 0.915. The highest BCUT2D eigenvalue weighted by molar-refractivity contribution is 5.43. The summed E-state index contributed by atoms with van der Waals surface area (Å²) in [6.07, 6.45) is 1.65. The molecule has 20 heavy (non-hydrogen) atoms. The highest BCUT2D eigenvalue weighted by Gasteiger charge is 2.12. The molecule has 0 atom stereocenters. The normalized spacial score (nSPS) is 10.8. The van der Waals surface area contributed by atoms with Crippen LogP contribution in [0.15, 0.2) is 24.4 Å². The zero-order chi connectivity index (χ0) is 14.7. The Morgan fingerprint density at radius 3 is 2.65 bits per heavy atom. The molecule has 0 aliphatic rings. The van der Waals surface area contributed by atoms with Crippen LogP contribution < -0.4 is 15.2 Å². The number of nitrogen functional groups attached to an aromatic ring is 1. The Kier molecular flexibility index (Phi) is 4.07. The van der Waals surface area contributed by atoms with Gasteiger partial charge in [0.1, 0.15) is 0 Å². The van der Waals surface area contributed by atoms with E-state index in [0.29, 0.717) is 12.5 Å². The molecule has 0 unspecified atom stereocenters. The summed E-state index contributed by atoms with van der Waals surface area (Å²) >= 11 is 0. The van der Waals surface area contributed by atoms with Crippen LogP contribution in [-0.4, -0.2) is 23.3 Å². The van der Waals surface area contributed by atoms with Gasteiger partial charge in [0, 0.05) is 5.69 Å². The zero-order valence-corrected chi connectivity index (χ0v) is 11.1. The number of methoxy groups -OCH3 is 1. The van der Waals surface area contributed by atoms with Gasteiger partial charge in [0.25, 0.3) is 0 Å². The van der Waals surface area contributed by atoms with Crippen molar-refractivity contribution in [2.75, 3.05) is 12.8 Å². The van der Waals surface area contributed by atoms with Crippen molar-refractivity contribution < 1.29 is 18.3 Å². The molecule has 0 bridgehead atoms. The first-order valence-corrected chi connectivity index (χ1v) is 5.90. The summed E-state index contributed by atoms with van der Waals surface area (Å²) in [5, 5.41) is 0. The molecule has 0 spiro atoms. The molecule has 0 aliphatic carbocycles. The number of rotatable bonds is 5. The van der Waals surface area contributed by atoms with Crippen molar-refractivity contribution >= 4 is 5.95 Å². The van der Waals surface area contributed by atoms with Crippen molar-refractivity contribution in [3.8, 4) is 11.5 Å². The standard InChI is InChI=1S/C13H15F2N3O2/c1-8-6-17-13(16)18(8)7-9-3-4-10(19-2)11(5-9)20-12(14)15/h3-6,12H,7H2,1-2H3,(H2,16,17). The Balaban J connectivity index is 2.29. The lowest BCUT2D eigenvalue weighted by Crippen LogP contribution is -2.08. The SMILES string of the molecule is COc1ccc(Cn2c(C)cnc2N)cc1OC(F)F. The average Bonchev–Trinajstić information content (AvgIpc) is 2.70. The number of nitrogens with zero attached hydrogens (tertiary/aromatic N) is 2. The lowest BCUT2D eigenvalue weighted by atomic mass is 10.2. The minimum Gasteiger partial charge on any atom is -0.493 e. The van der Waals surface area contributed by atoms with Crippen molar-refractivity contribution in [3.05, 3.63) is 35.7 Å². The fourth-order valence-corrected chi connectivity index (χ4v) is 1.88. The number of imidazole rings is 1. The molecule has 1 heterocycles. The van der Waals surface area contributed by atoms with Crippen LogP contribution >= 0.6 is 0 Å². The van der Waals surface area contributed by atoms with Gasteiger partial charge in [0.15, 0.2) is 11.5 Å². The molecular formula is C13H15F2N3O2. The van der Waals surface area contributed by atoms with Crippen molar-refractivity contribution in [2.45, 2.75) is 20.1 Å². The third kappa shape index (κ3) is 2.98. The van der Waals surface area contributed by atoms with E-state index < -0.39 is 6.61 Å². The number of anilines is 1. The number of halogens is 2. The molecule has 108 valence electrons. The maximum atomic E-state index is 12.4. The predicted molar refractivity (Wildman–Crippen MR) is 70.1 cm³/mol. The van der Waals surface area contributed by atoms with Crippen molar-refractivity contribution in [2.24, 2.45) is 0 Å². The Bertz CT molecular complexity index is 580. The van der Waals surface area contributed by atoms with Gasteiger partial charge in [0.2, 0.25) is 5.95 Å². The molecule has 5 nitrogen and oxygen atoms in total. The van der Waals surface area contributed by atoms with Crippen LogP contribution in [0.1, 0.15) is 11.3 Å². The minimum atomic E-state index is -2.90. The van der Waals surface area contributed by atoms with Crippen LogP contribution in [0, 0.1) is 6.92 Å². The number of aromatic nitrogens is 2. The van der Waals surface area contributed by atoms with E-state index in [9.17, 15) is 8.78 Å². The van der Waals surface area contributed by atoms with Gasteiger partial charge in [-0.05, 0) is 24.6 Å². The summed E-state index contributed by atoms with van der Waals surface area (Å²) in [5.74, 6) is 0.621. The third-order valence-corrected chi connectivity index (χ3v) is 2.87. The van der Waals surface area contributed by atoms with Gasteiger partial charge in [-0.1, -0.05) is 6.07 Å². The lowest BCUT2D eigenvalue weighted by Gasteiger charge is -2.13. The molecule has 0 saturated heterocycles. The number of aryl methyl sites for hydroxylation is 1. The van der Waals surface area contributed by atoms with Crippen molar-refractivity contribution in [1.29, 1.82) is 0 Å². The largest absolute Gasteiger partial charge is 0.493 e. The monoisotopic (exact) mass is 283 g/mol. The number of benzene rings is 1. The van der Waals surface area contributed by atoms with Gasteiger partial charge in [-0.2, -0.15) is 8.78 Å². The predicted octanol–water partition coefficient (Wildman–Crippen LogP) is 2.43. The van der Waals surface area contributed by atoms with Crippen LogP contribution in [0.5, 0.6) is 11.5 Å². The van der Waals surface area contributed by atoms with E-state index in [2.05, 4.69) is 9.72 Å². The van der Waals surface area contributed by atoms with Gasteiger partial charge >= 0.3 is 6.61 Å². The van der Waals surface area contributed by atoms with Crippen LogP contribution in [0.3, 0.4) is 0 Å². The molecule has 1 aromatic heterocycles. The molecule has 0 fully saturated rings. The number of hydrogen-bond donors (Lipinski definition) is 1. The van der Waals surface area contributed by atoms with Crippen LogP contribution in [-0.2, 0) is 6.54 Å². The fourth-order valence-electron chi connectivity index (χ4n) is 1.88. The summed E-state index contributed by atoms with van der Waals surface area (Å²) < 4.78 is 35.9. The summed E-state index contributed by atoms with van der Waals surface area (Å²) in [6.45, 7) is -0.621. The Hall–Kier alpha value is -2.31. The molecule has 2 N–H and O–H groups in total. The fraction of sp³-hybridized carbons (Fsp3) is 0.308. The first-order chi connectivity index (χ1) is 9.51. The Morgan fingerprint density at radius 1 is 1.35 bits per heavy atom. The molecule has 0 amide bonds. The first-order valence-electron chi connectivity index (χ1n) is 5.90. The van der Waals surface area contributed by atoms with Crippen molar-refractivity contribution in [1.82, 2.24) is 9.55 Å². The van der Waals surface area contributed by atoms with Crippen molar-refractivity contribution in [3.63, 3.8) is 0 Å². The van der Waals surface area contributed by atoms with Gasteiger partial charge in [-0.25, -0.2) is 4.98 Å². The van der Waals surface area contributed by atoms with E-state index in [1.54, 1.807) is 22.9 Å². The number of hydrogen-bond acceptors (Lipinski definition) is 4. The molecule has 2 aromatic rings. The van der Waals surface area contributed by atoms with E-state index in [4.69, 9.17) is 10.5 Å². The van der Waals surface area contributed by atoms with E-state index in [1.807, 2.05) is 6.92 Å². The molecule has 0 aliphatic heterocycles. The first kappa shape index (κ1) is 14.1. The second kappa shape index (κ2) is 5.77. The maximum Gasteiger partial charge on any atom is 0.387 e. The number of nitrogens with two attached hydrogens (primary N) is 1. The number of alkyl halides is 2. The van der Waals surface area contributed by atoms with Gasteiger partial charge < -0.3 is 19.8 Å². The van der Waals surface area contributed by atoms with Crippen LogP contribution in [0.2, 0.25) is 0 Å². The third-order valence-electron chi connectivity index (χ3n) is 2.87. The average molecular weight is 283 g/mol. The topological polar surface area (TPSA) is 62.3 Å². The molecular weight excluding hydrogens is 268 g/mol. The molecule has 0 saturated carbocycles. The molecule has 0 radical (unpaired) electrons. The highest BCUT2D eigenvalue weighted by Crippen LogP contribution is 2.30. The van der Waals surface area contributed by atoms with Crippen LogP contribution in [0.4, 0.5) is 14.7 Å². The van der Waals surface area contributed by atoms with E-state index >= 15 is 0 Å². The zero-order valence-electron chi connectivity index (χ0n) is 11.1. The molecule has 7 heteroatoms. The van der Waals surface area contributed by atoms with E-state index in [0.717, 1.165) is 11.3 Å². The maximum absolute atomic E-state index is 12.4. The minimum absolute atomic E-state index is 0.00339. The summed E-state index contributed by atoms with van der Waals surface area (Å²) in [7, 11) is 1.39. The summed E-state index contributed by atoms with van der Waals surface area (Å²) in [4.78, 5) is 3.98. The molecule has 2 rings (SSSR count). The Morgan fingerprint density at radius 2 is 2.10 bits per heavy atom. The van der Waals surface area contributed by atoms with Gasteiger partial charge in [0.05, 0.1) is 19.9 Å². The second-order valence-electron chi connectivity index (χ2n) is 4.21. The number of ether oxygens (including phenoxy) is 2. The van der Waals surface area contributed by atoms with E-state index in [-0.39, 0.29) is 11.5 Å². The Labute approximate surface area is 114 Å². The van der Waals surface area contributed by atoms with E-state index in [1.165, 1.54) is 13.2 Å². The van der Waals surface area contributed by atoms with Gasteiger partial charge in [-0.3, -0.25) is 0 Å². The summed E-state index contributed by atoms with van der Waals surface area (Å²) in [6, 6.07) is 4.84. The summed E-state index contributed by atoms with van der Waals surface area (Å²) in [5.41, 5.74) is 7.38.